The lowest BCUT2D eigenvalue weighted by atomic mass is 9.83. The van der Waals surface area contributed by atoms with E-state index in [0.717, 1.165) is 11.3 Å². The van der Waals surface area contributed by atoms with E-state index in [4.69, 9.17) is 10.5 Å². The highest BCUT2D eigenvalue weighted by atomic mass is 16.5. The summed E-state index contributed by atoms with van der Waals surface area (Å²) in [5, 5.41) is 0. The van der Waals surface area contributed by atoms with Crippen LogP contribution in [0.3, 0.4) is 0 Å². The fourth-order valence-corrected chi connectivity index (χ4v) is 2.20. The third-order valence-electron chi connectivity index (χ3n) is 3.02. The van der Waals surface area contributed by atoms with Gasteiger partial charge in [-0.1, -0.05) is 24.3 Å². The maximum Gasteiger partial charge on any atom is 0.125 e. The van der Waals surface area contributed by atoms with Crippen LogP contribution < -0.4 is 5.73 Å². The highest BCUT2D eigenvalue weighted by Gasteiger charge is 2.35. The second kappa shape index (κ2) is 4.07. The molecule has 2 nitrogen and oxygen atoms in total. The van der Waals surface area contributed by atoms with E-state index in [1.807, 2.05) is 38.2 Å². The van der Waals surface area contributed by atoms with E-state index in [0.29, 0.717) is 0 Å². The SMILES string of the molecule is CC=C1/C(=C\C)OC2C=CC=CC2C1N. The predicted octanol–water partition coefficient (Wildman–Crippen LogP) is 2.30. The molecule has 0 aromatic heterocycles. The van der Waals surface area contributed by atoms with Crippen molar-refractivity contribution in [2.24, 2.45) is 11.7 Å². The fraction of sp³-hybridized carbons (Fsp3) is 0.385. The van der Waals surface area contributed by atoms with Crippen LogP contribution in [0.25, 0.3) is 0 Å². The van der Waals surface area contributed by atoms with Crippen LogP contribution in [0.2, 0.25) is 0 Å². The van der Waals surface area contributed by atoms with Gasteiger partial charge in [0.2, 0.25) is 0 Å². The molecular weight excluding hydrogens is 186 g/mol. The molecule has 3 atom stereocenters. The van der Waals surface area contributed by atoms with Crippen LogP contribution in [0.1, 0.15) is 13.8 Å². The molecule has 2 aliphatic rings. The van der Waals surface area contributed by atoms with Crippen molar-refractivity contribution in [2.45, 2.75) is 26.0 Å². The topological polar surface area (TPSA) is 35.2 Å². The monoisotopic (exact) mass is 203 g/mol. The van der Waals surface area contributed by atoms with Crippen molar-refractivity contribution in [3.8, 4) is 0 Å². The van der Waals surface area contributed by atoms with Gasteiger partial charge in [-0.15, -0.1) is 0 Å². The fourth-order valence-electron chi connectivity index (χ4n) is 2.20. The van der Waals surface area contributed by atoms with Gasteiger partial charge in [-0.25, -0.2) is 0 Å². The molecular formula is C13H17NO. The average Bonchev–Trinajstić information content (AvgIpc) is 2.29. The molecule has 2 rings (SSSR count). The van der Waals surface area contributed by atoms with Crippen molar-refractivity contribution in [2.75, 3.05) is 0 Å². The first kappa shape index (κ1) is 10.2. The van der Waals surface area contributed by atoms with Crippen LogP contribution in [0.5, 0.6) is 0 Å². The summed E-state index contributed by atoms with van der Waals surface area (Å²) in [6, 6.07) is 0.0427. The number of rotatable bonds is 0. The number of hydrogen-bond donors (Lipinski definition) is 1. The van der Waals surface area contributed by atoms with Crippen LogP contribution >= 0.6 is 0 Å². The van der Waals surface area contributed by atoms with Crippen LogP contribution in [0.15, 0.2) is 47.8 Å². The molecule has 2 heteroatoms. The van der Waals surface area contributed by atoms with Gasteiger partial charge in [0.15, 0.2) is 0 Å². The van der Waals surface area contributed by atoms with Crippen LogP contribution in [0, 0.1) is 5.92 Å². The quantitative estimate of drug-likeness (QED) is 0.655. The molecule has 0 radical (unpaired) electrons. The Morgan fingerprint density at radius 3 is 2.60 bits per heavy atom. The Morgan fingerprint density at radius 2 is 1.93 bits per heavy atom. The molecule has 3 unspecified atom stereocenters. The molecule has 0 aromatic carbocycles. The van der Waals surface area contributed by atoms with Gasteiger partial charge in [-0.05, 0) is 26.0 Å². The summed E-state index contributed by atoms with van der Waals surface area (Å²) in [5.41, 5.74) is 7.35. The molecule has 0 amide bonds. The second-order valence-corrected chi connectivity index (χ2v) is 3.85. The van der Waals surface area contributed by atoms with Crippen molar-refractivity contribution in [1.82, 2.24) is 0 Å². The zero-order valence-corrected chi connectivity index (χ0v) is 9.18. The smallest absolute Gasteiger partial charge is 0.125 e. The molecule has 2 N–H and O–H groups in total. The van der Waals surface area contributed by atoms with Gasteiger partial charge in [0.1, 0.15) is 11.9 Å². The minimum atomic E-state index is 0.0427. The minimum absolute atomic E-state index is 0.0427. The molecule has 0 aromatic rings. The van der Waals surface area contributed by atoms with E-state index in [1.54, 1.807) is 0 Å². The summed E-state index contributed by atoms with van der Waals surface area (Å²) in [5.74, 6) is 1.19. The normalized spacial score (nSPS) is 39.3. The number of hydrogen-bond acceptors (Lipinski definition) is 2. The lowest BCUT2D eigenvalue weighted by Gasteiger charge is -2.38. The average molecular weight is 203 g/mol. The molecule has 0 spiro atoms. The molecule has 0 saturated carbocycles. The predicted molar refractivity (Wildman–Crippen MR) is 62.1 cm³/mol. The third-order valence-corrected chi connectivity index (χ3v) is 3.02. The van der Waals surface area contributed by atoms with Gasteiger partial charge >= 0.3 is 0 Å². The van der Waals surface area contributed by atoms with Gasteiger partial charge in [-0.3, -0.25) is 0 Å². The lowest BCUT2D eigenvalue weighted by Crippen LogP contribution is -2.44. The zero-order valence-electron chi connectivity index (χ0n) is 9.18. The number of nitrogens with two attached hydrogens (primary N) is 1. The molecule has 80 valence electrons. The first-order valence-corrected chi connectivity index (χ1v) is 5.38. The van der Waals surface area contributed by atoms with E-state index in [9.17, 15) is 0 Å². The van der Waals surface area contributed by atoms with E-state index in [1.165, 1.54) is 0 Å². The lowest BCUT2D eigenvalue weighted by molar-refractivity contribution is 0.0903. The maximum absolute atomic E-state index is 6.24. The van der Waals surface area contributed by atoms with Gasteiger partial charge in [0.05, 0.1) is 0 Å². The van der Waals surface area contributed by atoms with Gasteiger partial charge in [-0.2, -0.15) is 0 Å². The largest absolute Gasteiger partial charge is 0.486 e. The Hall–Kier alpha value is -1.28. The van der Waals surface area contributed by atoms with E-state index >= 15 is 0 Å². The second-order valence-electron chi connectivity index (χ2n) is 3.85. The molecule has 0 bridgehead atoms. The van der Waals surface area contributed by atoms with Crippen LogP contribution in [-0.4, -0.2) is 12.1 Å². The summed E-state index contributed by atoms with van der Waals surface area (Å²) < 4.78 is 5.89. The van der Waals surface area contributed by atoms with Crippen molar-refractivity contribution in [3.63, 3.8) is 0 Å². The molecule has 1 heterocycles. The summed E-state index contributed by atoms with van der Waals surface area (Å²) in [6.45, 7) is 3.99. The summed E-state index contributed by atoms with van der Waals surface area (Å²) in [6.07, 6.45) is 12.4. The van der Waals surface area contributed by atoms with Gasteiger partial charge in [0.25, 0.3) is 0 Å². The van der Waals surface area contributed by atoms with Crippen molar-refractivity contribution < 1.29 is 4.74 Å². The van der Waals surface area contributed by atoms with Crippen molar-refractivity contribution in [3.05, 3.63) is 47.8 Å². The van der Waals surface area contributed by atoms with E-state index < -0.39 is 0 Å². The maximum atomic E-state index is 6.24. The first-order chi connectivity index (χ1) is 7.27. The minimum Gasteiger partial charge on any atom is -0.486 e. The van der Waals surface area contributed by atoms with Crippen LogP contribution in [0.4, 0.5) is 0 Å². The van der Waals surface area contributed by atoms with E-state index in [2.05, 4.69) is 12.2 Å². The number of allylic oxidation sites excluding steroid dienone is 4. The molecule has 1 aliphatic heterocycles. The van der Waals surface area contributed by atoms with Crippen LogP contribution in [-0.2, 0) is 4.74 Å². The summed E-state index contributed by atoms with van der Waals surface area (Å²) in [4.78, 5) is 0. The Labute approximate surface area is 90.8 Å². The Bertz CT molecular complexity index is 363. The van der Waals surface area contributed by atoms with Crippen molar-refractivity contribution >= 4 is 0 Å². The molecule has 15 heavy (non-hydrogen) atoms. The first-order valence-electron chi connectivity index (χ1n) is 5.38. The molecule has 1 fully saturated rings. The van der Waals surface area contributed by atoms with E-state index in [-0.39, 0.29) is 18.1 Å². The third kappa shape index (κ3) is 1.65. The zero-order chi connectivity index (χ0) is 10.8. The van der Waals surface area contributed by atoms with Gasteiger partial charge < -0.3 is 10.5 Å². The summed E-state index contributed by atoms with van der Waals surface area (Å²) >= 11 is 0. The Balaban J connectivity index is 2.34. The van der Waals surface area contributed by atoms with Gasteiger partial charge in [0, 0.05) is 17.5 Å². The highest BCUT2D eigenvalue weighted by molar-refractivity contribution is 5.37. The molecule has 1 saturated heterocycles. The van der Waals surface area contributed by atoms with Crippen molar-refractivity contribution in [1.29, 1.82) is 0 Å². The standard InChI is InChI=1S/C13H17NO/c1-3-9-11(4-2)15-12-8-6-5-7-10(12)13(9)14/h3-8,10,12-13H,14H2,1-2H3/b9-3?,11-4+. The Morgan fingerprint density at radius 1 is 1.20 bits per heavy atom. The number of ether oxygens (including phenoxy) is 1. The molecule has 1 aliphatic carbocycles. The Kier molecular flexibility index (Phi) is 2.78. The number of fused-ring (bicyclic) bond motifs is 1. The summed E-state index contributed by atoms with van der Waals surface area (Å²) in [7, 11) is 0. The highest BCUT2D eigenvalue weighted by Crippen LogP contribution is 2.34.